The molecule has 2 N–H and O–H groups in total. The van der Waals surface area contributed by atoms with E-state index >= 15 is 0 Å². The van der Waals surface area contributed by atoms with Crippen LogP contribution in [0.3, 0.4) is 0 Å². The maximum absolute atomic E-state index is 12.6. The first-order valence-corrected chi connectivity index (χ1v) is 9.65. The van der Waals surface area contributed by atoms with E-state index in [9.17, 15) is 9.59 Å². The molecule has 0 heterocycles. The number of ether oxygens (including phenoxy) is 4. The van der Waals surface area contributed by atoms with Crippen molar-refractivity contribution < 1.29 is 28.5 Å². The molecule has 3 aromatic carbocycles. The number of carbonyl (C=O) groups is 2. The predicted molar refractivity (Wildman–Crippen MR) is 121 cm³/mol. The second-order valence-electron chi connectivity index (χ2n) is 6.66. The molecular formula is C24H24N2O6. The molecule has 2 amide bonds. The normalized spacial score (nSPS) is 10.1. The standard InChI is InChI=1S/C24H24N2O6/c1-29-19-11-16(12-20(14-19)30-2)24(28)26-18-8-6-17(7-9-18)25-23(27)15-5-10-21(31-3)22(13-15)32-4/h5-14H,1-4H3,(H,25,27)(H,26,28). The van der Waals surface area contributed by atoms with E-state index < -0.39 is 0 Å². The molecule has 8 heteroatoms. The highest BCUT2D eigenvalue weighted by atomic mass is 16.5. The van der Waals surface area contributed by atoms with Gasteiger partial charge in [0.05, 0.1) is 28.4 Å². The van der Waals surface area contributed by atoms with Gasteiger partial charge in [-0.3, -0.25) is 9.59 Å². The average molecular weight is 436 g/mol. The van der Waals surface area contributed by atoms with Crippen LogP contribution < -0.4 is 29.6 Å². The summed E-state index contributed by atoms with van der Waals surface area (Å²) in [5, 5.41) is 5.62. The molecule has 0 aliphatic rings. The number of hydrogen-bond donors (Lipinski definition) is 2. The Morgan fingerprint density at radius 1 is 0.562 bits per heavy atom. The van der Waals surface area contributed by atoms with Gasteiger partial charge in [-0.2, -0.15) is 0 Å². The summed E-state index contributed by atoms with van der Waals surface area (Å²) in [4.78, 5) is 25.1. The van der Waals surface area contributed by atoms with Crippen LogP contribution in [-0.2, 0) is 0 Å². The van der Waals surface area contributed by atoms with Crippen molar-refractivity contribution in [3.05, 3.63) is 71.8 Å². The van der Waals surface area contributed by atoms with Crippen molar-refractivity contribution in [1.82, 2.24) is 0 Å². The highest BCUT2D eigenvalue weighted by Gasteiger charge is 2.12. The number of nitrogens with one attached hydrogen (secondary N) is 2. The predicted octanol–water partition coefficient (Wildman–Crippen LogP) is 4.23. The Morgan fingerprint density at radius 3 is 1.53 bits per heavy atom. The van der Waals surface area contributed by atoms with Gasteiger partial charge < -0.3 is 29.6 Å². The Hall–Kier alpha value is -4.20. The molecule has 0 aliphatic heterocycles. The molecule has 3 aromatic rings. The largest absolute Gasteiger partial charge is 0.497 e. The van der Waals surface area contributed by atoms with Crippen LogP contribution in [0.2, 0.25) is 0 Å². The van der Waals surface area contributed by atoms with E-state index in [1.807, 2.05) is 0 Å². The Morgan fingerprint density at radius 2 is 1.06 bits per heavy atom. The van der Waals surface area contributed by atoms with Crippen LogP contribution >= 0.6 is 0 Å². The molecule has 8 nitrogen and oxygen atoms in total. The van der Waals surface area contributed by atoms with E-state index in [4.69, 9.17) is 18.9 Å². The van der Waals surface area contributed by atoms with Crippen LogP contribution in [0.1, 0.15) is 20.7 Å². The quantitative estimate of drug-likeness (QED) is 0.549. The van der Waals surface area contributed by atoms with Gasteiger partial charge in [-0.1, -0.05) is 0 Å². The number of benzene rings is 3. The highest BCUT2D eigenvalue weighted by Crippen LogP contribution is 2.28. The average Bonchev–Trinajstić information content (AvgIpc) is 2.84. The van der Waals surface area contributed by atoms with Crippen LogP contribution in [0.25, 0.3) is 0 Å². The van der Waals surface area contributed by atoms with Gasteiger partial charge in [0, 0.05) is 28.6 Å². The van der Waals surface area contributed by atoms with Crippen molar-refractivity contribution in [2.45, 2.75) is 0 Å². The Bertz CT molecular complexity index is 1090. The molecule has 0 aromatic heterocycles. The van der Waals surface area contributed by atoms with Gasteiger partial charge in [-0.15, -0.1) is 0 Å². The zero-order valence-corrected chi connectivity index (χ0v) is 18.2. The van der Waals surface area contributed by atoms with Crippen molar-refractivity contribution in [2.24, 2.45) is 0 Å². The minimum absolute atomic E-state index is 0.300. The SMILES string of the molecule is COc1cc(OC)cc(C(=O)Nc2ccc(NC(=O)c3ccc(OC)c(OC)c3)cc2)c1. The lowest BCUT2D eigenvalue weighted by atomic mass is 10.1. The summed E-state index contributed by atoms with van der Waals surface area (Å²) in [7, 11) is 6.08. The summed E-state index contributed by atoms with van der Waals surface area (Å²) < 4.78 is 20.8. The van der Waals surface area contributed by atoms with E-state index in [2.05, 4.69) is 10.6 Å². The molecule has 0 unspecified atom stereocenters. The Kier molecular flexibility index (Phi) is 7.17. The Balaban J connectivity index is 1.68. The van der Waals surface area contributed by atoms with Gasteiger partial charge in [0.2, 0.25) is 0 Å². The topological polar surface area (TPSA) is 95.1 Å². The van der Waals surface area contributed by atoms with Crippen LogP contribution in [0, 0.1) is 0 Å². The molecule has 0 spiro atoms. The number of carbonyl (C=O) groups excluding carboxylic acids is 2. The van der Waals surface area contributed by atoms with Crippen molar-refractivity contribution in [3.8, 4) is 23.0 Å². The van der Waals surface area contributed by atoms with Crippen LogP contribution in [0.15, 0.2) is 60.7 Å². The van der Waals surface area contributed by atoms with E-state index in [1.165, 1.54) is 28.4 Å². The summed E-state index contributed by atoms with van der Waals surface area (Å²) >= 11 is 0. The van der Waals surface area contributed by atoms with Gasteiger partial charge in [-0.05, 0) is 54.6 Å². The van der Waals surface area contributed by atoms with Crippen molar-refractivity contribution >= 4 is 23.2 Å². The summed E-state index contributed by atoms with van der Waals surface area (Å²) in [5.74, 6) is 1.42. The molecule has 0 saturated heterocycles. The minimum atomic E-state index is -0.315. The van der Waals surface area contributed by atoms with Gasteiger partial charge in [-0.25, -0.2) is 0 Å². The molecule has 0 bridgehead atoms. The maximum Gasteiger partial charge on any atom is 0.255 e. The zero-order chi connectivity index (χ0) is 23.1. The van der Waals surface area contributed by atoms with Gasteiger partial charge in [0.15, 0.2) is 11.5 Å². The monoisotopic (exact) mass is 436 g/mol. The maximum atomic E-state index is 12.6. The smallest absolute Gasteiger partial charge is 0.255 e. The molecule has 3 rings (SSSR count). The van der Waals surface area contributed by atoms with E-state index in [-0.39, 0.29) is 11.8 Å². The lowest BCUT2D eigenvalue weighted by Gasteiger charge is -2.11. The highest BCUT2D eigenvalue weighted by molar-refractivity contribution is 6.06. The van der Waals surface area contributed by atoms with Crippen LogP contribution in [0.5, 0.6) is 23.0 Å². The second-order valence-corrected chi connectivity index (χ2v) is 6.66. The minimum Gasteiger partial charge on any atom is -0.497 e. The summed E-state index contributed by atoms with van der Waals surface area (Å²) in [6, 6.07) is 16.6. The summed E-state index contributed by atoms with van der Waals surface area (Å²) in [6.07, 6.45) is 0. The molecule has 166 valence electrons. The summed E-state index contributed by atoms with van der Waals surface area (Å²) in [5.41, 5.74) is 1.96. The second kappa shape index (κ2) is 10.2. The third-order valence-corrected chi connectivity index (χ3v) is 4.66. The first kappa shape index (κ1) is 22.5. The lowest BCUT2D eigenvalue weighted by Crippen LogP contribution is -2.13. The zero-order valence-electron chi connectivity index (χ0n) is 18.2. The molecule has 0 saturated carbocycles. The van der Waals surface area contributed by atoms with Crippen LogP contribution in [0.4, 0.5) is 11.4 Å². The first-order chi connectivity index (χ1) is 15.5. The Labute approximate surface area is 186 Å². The van der Waals surface area contributed by atoms with Gasteiger partial charge in [0.1, 0.15) is 11.5 Å². The number of hydrogen-bond acceptors (Lipinski definition) is 6. The van der Waals surface area contributed by atoms with Crippen molar-refractivity contribution in [3.63, 3.8) is 0 Å². The fourth-order valence-corrected chi connectivity index (χ4v) is 2.96. The fraction of sp³-hybridized carbons (Fsp3) is 0.167. The molecule has 0 aliphatic carbocycles. The van der Waals surface area contributed by atoms with E-state index in [1.54, 1.807) is 60.7 Å². The van der Waals surface area contributed by atoms with Crippen molar-refractivity contribution in [2.75, 3.05) is 39.1 Å². The molecule has 0 fully saturated rings. The third kappa shape index (κ3) is 5.28. The lowest BCUT2D eigenvalue weighted by molar-refractivity contribution is 0.101. The number of amides is 2. The van der Waals surface area contributed by atoms with Gasteiger partial charge in [0.25, 0.3) is 11.8 Å². The van der Waals surface area contributed by atoms with Crippen molar-refractivity contribution in [1.29, 1.82) is 0 Å². The number of methoxy groups -OCH3 is 4. The van der Waals surface area contributed by atoms with E-state index in [0.29, 0.717) is 45.5 Å². The number of rotatable bonds is 8. The first-order valence-electron chi connectivity index (χ1n) is 9.65. The summed E-state index contributed by atoms with van der Waals surface area (Å²) in [6.45, 7) is 0. The van der Waals surface area contributed by atoms with Gasteiger partial charge >= 0.3 is 0 Å². The number of anilines is 2. The third-order valence-electron chi connectivity index (χ3n) is 4.66. The fourth-order valence-electron chi connectivity index (χ4n) is 2.96. The van der Waals surface area contributed by atoms with E-state index in [0.717, 1.165) is 0 Å². The molecule has 0 atom stereocenters. The molecule has 32 heavy (non-hydrogen) atoms. The van der Waals surface area contributed by atoms with Crippen LogP contribution in [-0.4, -0.2) is 40.3 Å². The molecular weight excluding hydrogens is 412 g/mol. The molecule has 0 radical (unpaired) electrons.